The Hall–Kier alpha value is -2.68. The molecule has 7 nitrogen and oxygen atoms in total. The molecule has 0 saturated heterocycles. The van der Waals surface area contributed by atoms with Gasteiger partial charge in [0.05, 0.1) is 0 Å². The van der Waals surface area contributed by atoms with Crippen molar-refractivity contribution >= 4 is 31.5 Å². The van der Waals surface area contributed by atoms with Gasteiger partial charge in [-0.05, 0) is 0 Å². The number of carbonyl (C=O) groups excluding carboxylic acids is 1. The van der Waals surface area contributed by atoms with Gasteiger partial charge in [-0.25, -0.2) is 0 Å². The predicted octanol–water partition coefficient (Wildman–Crippen LogP) is 3.35. The molecule has 31 heavy (non-hydrogen) atoms. The fourth-order valence-corrected chi connectivity index (χ4v) is 5.28. The Balaban J connectivity index is 2.14. The van der Waals surface area contributed by atoms with Crippen LogP contribution in [-0.4, -0.2) is 46.7 Å². The van der Waals surface area contributed by atoms with Crippen molar-refractivity contribution in [1.29, 1.82) is 0 Å². The number of rotatable bonds is 7. The molecule has 3 aromatic rings. The summed E-state index contributed by atoms with van der Waals surface area (Å²) < 4.78 is 2.70. The Kier molecular flexibility index (Phi) is 7.48. The van der Waals surface area contributed by atoms with Crippen LogP contribution in [0.4, 0.5) is 5.82 Å². The summed E-state index contributed by atoms with van der Waals surface area (Å²) in [6, 6.07) is 12.8. The van der Waals surface area contributed by atoms with Crippen LogP contribution in [0.3, 0.4) is 0 Å². The van der Waals surface area contributed by atoms with Crippen LogP contribution in [-0.2, 0) is 0 Å². The number of pyridine rings is 1. The topological polar surface area (TPSA) is 103 Å². The maximum atomic E-state index is 12.8. The van der Waals surface area contributed by atoms with Gasteiger partial charge in [0.1, 0.15) is 0 Å². The second-order valence-corrected chi connectivity index (χ2v) is 17.8. The van der Waals surface area contributed by atoms with E-state index in [0.29, 0.717) is 23.5 Å². The summed E-state index contributed by atoms with van der Waals surface area (Å²) in [4.78, 5) is 38.8. The molecule has 0 aliphatic rings. The quantitative estimate of drug-likeness (QED) is 0.460. The van der Waals surface area contributed by atoms with Crippen molar-refractivity contribution in [2.45, 2.75) is 34.2 Å². The van der Waals surface area contributed by atoms with Gasteiger partial charge in [-0.15, -0.1) is 0 Å². The molecule has 3 N–H and O–H groups in total. The van der Waals surface area contributed by atoms with Gasteiger partial charge >= 0.3 is 190 Å². The van der Waals surface area contributed by atoms with Crippen molar-refractivity contribution in [3.8, 4) is 22.5 Å². The van der Waals surface area contributed by atoms with Crippen LogP contribution < -0.4 is 16.6 Å². The molecule has 0 radical (unpaired) electrons. The summed E-state index contributed by atoms with van der Waals surface area (Å²) in [6.45, 7) is 4.51. The first kappa shape index (κ1) is 23.0. The van der Waals surface area contributed by atoms with Crippen molar-refractivity contribution in [2.75, 3.05) is 12.3 Å². The van der Waals surface area contributed by atoms with Gasteiger partial charge in [-0.3, -0.25) is 0 Å². The van der Waals surface area contributed by atoms with E-state index < -0.39 is 19.8 Å². The molecule has 0 unspecified atom stereocenters. The number of aromatic nitrogens is 3. The van der Waals surface area contributed by atoms with Gasteiger partial charge in [0.15, 0.2) is 0 Å². The van der Waals surface area contributed by atoms with Crippen LogP contribution in [0.1, 0.15) is 30.4 Å². The Morgan fingerprint density at radius 1 is 1.06 bits per heavy atom. The Morgan fingerprint density at radius 2 is 1.74 bits per heavy atom. The van der Waals surface area contributed by atoms with Gasteiger partial charge in [0, 0.05) is 0 Å². The van der Waals surface area contributed by atoms with Crippen molar-refractivity contribution < 1.29 is 4.79 Å². The number of nitrogens with one attached hydrogen (secondary N) is 1. The third kappa shape index (κ3) is 5.52. The maximum absolute atomic E-state index is 12.8. The Bertz CT molecular complexity index is 1130. The number of carbonyl (C=O) groups is 1. The van der Waals surface area contributed by atoms with Crippen LogP contribution >= 0.6 is 0 Å². The zero-order valence-corrected chi connectivity index (χ0v) is 21.7. The minimum absolute atomic E-state index is 0.0144. The third-order valence-electron chi connectivity index (χ3n) is 4.96. The van der Waals surface area contributed by atoms with Crippen LogP contribution in [0.25, 0.3) is 22.5 Å². The van der Waals surface area contributed by atoms with E-state index in [9.17, 15) is 9.59 Å². The first-order chi connectivity index (χ1) is 14.8. The Labute approximate surface area is 189 Å². The standard InChI is InChI=1S/C21H22N5O2.2CH3.Sn.H/c1-4-23-21(28)19-20(22)25-17(14-8-6-5-7-9-14)18(24-19)15-10-11-16(27)26(12-15)13(2)3;;;;/h5-13H,1,4H2,2-3H3,(H2,22,25)(H,23,28);2*1H3;;. The van der Waals surface area contributed by atoms with Gasteiger partial charge in [-0.2, -0.15) is 0 Å². The van der Waals surface area contributed by atoms with Crippen molar-refractivity contribution in [2.24, 2.45) is 0 Å². The zero-order chi connectivity index (χ0) is 22.5. The van der Waals surface area contributed by atoms with Crippen molar-refractivity contribution in [3.63, 3.8) is 0 Å². The number of nitrogens with two attached hydrogens (primary N) is 1. The third-order valence-corrected chi connectivity index (χ3v) is 9.08. The molecule has 0 saturated carbocycles. The first-order valence-corrected chi connectivity index (χ1v) is 19.4. The van der Waals surface area contributed by atoms with Crippen LogP contribution in [0, 0.1) is 0 Å². The van der Waals surface area contributed by atoms with E-state index in [0.717, 1.165) is 10.0 Å². The molecule has 1 amide bonds. The van der Waals surface area contributed by atoms with E-state index in [1.165, 1.54) is 6.07 Å². The molecular formula is C23H29N5O2Sn. The number of hydrogen-bond donors (Lipinski definition) is 2. The summed E-state index contributed by atoms with van der Waals surface area (Å²) in [5.41, 5.74) is 8.80. The molecule has 0 fully saturated rings. The van der Waals surface area contributed by atoms with Gasteiger partial charge in [-0.1, -0.05) is 0 Å². The van der Waals surface area contributed by atoms with Gasteiger partial charge in [0.25, 0.3) is 0 Å². The summed E-state index contributed by atoms with van der Waals surface area (Å²) in [5, 5.41) is 2.92. The molecule has 0 aliphatic carbocycles. The monoisotopic (exact) mass is 527 g/mol. The number of anilines is 1. The number of benzene rings is 1. The van der Waals surface area contributed by atoms with E-state index in [4.69, 9.17) is 5.73 Å². The number of amides is 1. The summed E-state index contributed by atoms with van der Waals surface area (Å²) in [6.07, 6.45) is 1.76. The van der Waals surface area contributed by atoms with Gasteiger partial charge in [0.2, 0.25) is 0 Å². The van der Waals surface area contributed by atoms with Crippen LogP contribution in [0.15, 0.2) is 53.5 Å². The molecule has 0 atom stereocenters. The van der Waals surface area contributed by atoms with Crippen molar-refractivity contribution in [1.82, 2.24) is 19.9 Å². The average Bonchev–Trinajstić information content (AvgIpc) is 2.74. The molecular weight excluding hydrogens is 497 g/mol. The Morgan fingerprint density at radius 3 is 2.39 bits per heavy atom. The molecule has 0 bridgehead atoms. The number of nitrogens with zero attached hydrogens (tertiary/aromatic N) is 3. The second-order valence-electron chi connectivity index (χ2n) is 8.22. The van der Waals surface area contributed by atoms with Crippen LogP contribution in [0.5, 0.6) is 0 Å². The number of hydrogen-bond acceptors (Lipinski definition) is 5. The molecule has 3 rings (SSSR count). The fourth-order valence-electron chi connectivity index (χ4n) is 3.22. The molecule has 2 heterocycles. The van der Waals surface area contributed by atoms with E-state index in [1.807, 2.05) is 44.2 Å². The normalized spacial score (nSPS) is 11.2. The summed E-state index contributed by atoms with van der Waals surface area (Å²) in [7, 11) is 0. The molecule has 1 aromatic carbocycles. The SMILES string of the molecule is CC(C)n1cc(-c2nc(C(=O)NC[CH2][SnH]([CH3])[CH3])c(N)nc2-c2ccccc2)ccc1=O. The van der Waals surface area contributed by atoms with Crippen LogP contribution in [0.2, 0.25) is 14.3 Å². The van der Waals surface area contributed by atoms with E-state index in [2.05, 4.69) is 25.2 Å². The molecule has 0 spiro atoms. The first-order valence-electron chi connectivity index (χ1n) is 10.5. The molecule has 8 heteroatoms. The molecule has 0 aliphatic heterocycles. The minimum atomic E-state index is -1.42. The second kappa shape index (κ2) is 10.1. The van der Waals surface area contributed by atoms with E-state index in [1.54, 1.807) is 16.8 Å². The van der Waals surface area contributed by atoms with Crippen molar-refractivity contribution in [3.05, 3.63) is 64.7 Å². The average molecular weight is 526 g/mol. The number of nitrogen functional groups attached to an aromatic ring is 1. The summed E-state index contributed by atoms with van der Waals surface area (Å²) in [5.74, 6) is -0.236. The predicted molar refractivity (Wildman–Crippen MR) is 128 cm³/mol. The summed E-state index contributed by atoms with van der Waals surface area (Å²) >= 11 is -1.42. The molecule has 162 valence electrons. The molecule has 2 aromatic heterocycles. The van der Waals surface area contributed by atoms with E-state index >= 15 is 0 Å². The zero-order valence-electron chi connectivity index (χ0n) is 18.4. The van der Waals surface area contributed by atoms with Gasteiger partial charge < -0.3 is 0 Å². The van der Waals surface area contributed by atoms with E-state index in [-0.39, 0.29) is 29.0 Å². The fraction of sp³-hybridized carbons (Fsp3) is 0.304.